The zero-order valence-corrected chi connectivity index (χ0v) is 11.8. The van der Waals surface area contributed by atoms with Crippen molar-refractivity contribution in [1.82, 2.24) is 4.90 Å². The van der Waals surface area contributed by atoms with Gasteiger partial charge in [-0.15, -0.1) is 0 Å². The van der Waals surface area contributed by atoms with Gasteiger partial charge < -0.3 is 10.2 Å². The number of amides is 1. The Kier molecular flexibility index (Phi) is 4.22. The molecule has 1 fully saturated rings. The molecule has 1 unspecified atom stereocenters. The summed E-state index contributed by atoms with van der Waals surface area (Å²) in [6.07, 6.45) is 1.91. The minimum atomic E-state index is -0.407. The smallest absolute Gasteiger partial charge is 0.292 e. The number of nitrogens with zero attached hydrogens (tertiary/aromatic N) is 2. The molecule has 0 bridgehead atoms. The van der Waals surface area contributed by atoms with E-state index in [1.54, 1.807) is 24.1 Å². The van der Waals surface area contributed by atoms with E-state index in [0.29, 0.717) is 12.2 Å². The lowest BCUT2D eigenvalue weighted by Crippen LogP contribution is -2.39. The Bertz CT molecular complexity index is 530. The third-order valence-electron chi connectivity index (χ3n) is 3.70. The first-order chi connectivity index (χ1) is 9.52. The summed E-state index contributed by atoms with van der Waals surface area (Å²) in [5, 5.41) is 13.8. The number of hydrogen-bond donors (Lipinski definition) is 1. The summed E-state index contributed by atoms with van der Waals surface area (Å²) in [6, 6.07) is 5.05. The van der Waals surface area contributed by atoms with Gasteiger partial charge in [-0.25, -0.2) is 0 Å². The second kappa shape index (κ2) is 5.90. The molecule has 108 valence electrons. The molecule has 1 aliphatic rings. The minimum absolute atomic E-state index is 0.0440. The normalized spacial score (nSPS) is 19.0. The standard InChI is InChI=1S/C14H19N3O3/c1-10-4-3-7-16(14(10)18)9-11-5-6-12(15-2)13(8-11)17(19)20/h5-6,8,10,15H,3-4,7,9H2,1-2H3. The van der Waals surface area contributed by atoms with Crippen molar-refractivity contribution in [3.05, 3.63) is 33.9 Å². The van der Waals surface area contributed by atoms with Crippen LogP contribution in [0, 0.1) is 16.0 Å². The fraction of sp³-hybridized carbons (Fsp3) is 0.500. The number of rotatable bonds is 4. The Labute approximate surface area is 117 Å². The van der Waals surface area contributed by atoms with Gasteiger partial charge in [0.05, 0.1) is 4.92 Å². The van der Waals surface area contributed by atoms with Gasteiger partial charge in [0.25, 0.3) is 5.69 Å². The van der Waals surface area contributed by atoms with E-state index in [1.807, 2.05) is 13.0 Å². The first-order valence-electron chi connectivity index (χ1n) is 6.76. The van der Waals surface area contributed by atoms with Gasteiger partial charge in [0.15, 0.2) is 0 Å². The summed E-state index contributed by atoms with van der Waals surface area (Å²) in [4.78, 5) is 24.5. The molecule has 1 saturated heterocycles. The molecule has 6 heteroatoms. The lowest BCUT2D eigenvalue weighted by Gasteiger charge is -2.30. The van der Waals surface area contributed by atoms with Crippen molar-refractivity contribution in [3.63, 3.8) is 0 Å². The molecule has 1 amide bonds. The van der Waals surface area contributed by atoms with Gasteiger partial charge in [0.2, 0.25) is 5.91 Å². The van der Waals surface area contributed by atoms with Gasteiger partial charge in [-0.3, -0.25) is 14.9 Å². The lowest BCUT2D eigenvalue weighted by molar-refractivity contribution is -0.384. The Balaban J connectivity index is 2.19. The average molecular weight is 277 g/mol. The van der Waals surface area contributed by atoms with Crippen LogP contribution < -0.4 is 5.32 Å². The van der Waals surface area contributed by atoms with Crippen LogP contribution in [0.15, 0.2) is 18.2 Å². The van der Waals surface area contributed by atoms with Crippen molar-refractivity contribution in [3.8, 4) is 0 Å². The van der Waals surface area contributed by atoms with Crippen molar-refractivity contribution >= 4 is 17.3 Å². The zero-order chi connectivity index (χ0) is 14.7. The van der Waals surface area contributed by atoms with E-state index >= 15 is 0 Å². The van der Waals surface area contributed by atoms with Crippen LogP contribution in [0.1, 0.15) is 25.3 Å². The van der Waals surface area contributed by atoms with Crippen LogP contribution in [0.25, 0.3) is 0 Å². The summed E-state index contributed by atoms with van der Waals surface area (Å²) in [6.45, 7) is 3.10. The van der Waals surface area contributed by atoms with E-state index in [2.05, 4.69) is 5.32 Å². The number of piperidine rings is 1. The van der Waals surface area contributed by atoms with Gasteiger partial charge in [-0.05, 0) is 24.5 Å². The number of hydrogen-bond acceptors (Lipinski definition) is 4. The summed E-state index contributed by atoms with van der Waals surface area (Å²) < 4.78 is 0. The summed E-state index contributed by atoms with van der Waals surface area (Å²) in [7, 11) is 1.65. The average Bonchev–Trinajstić information content (AvgIpc) is 2.43. The molecule has 0 spiro atoms. The highest BCUT2D eigenvalue weighted by Gasteiger charge is 2.25. The molecule has 6 nitrogen and oxygen atoms in total. The third kappa shape index (κ3) is 2.89. The van der Waals surface area contributed by atoms with Gasteiger partial charge in [0.1, 0.15) is 5.69 Å². The zero-order valence-electron chi connectivity index (χ0n) is 11.8. The highest BCUT2D eigenvalue weighted by Crippen LogP contribution is 2.27. The summed E-state index contributed by atoms with van der Waals surface area (Å²) in [5.74, 6) is 0.187. The summed E-state index contributed by atoms with van der Waals surface area (Å²) in [5.41, 5.74) is 1.32. The van der Waals surface area contributed by atoms with Crippen LogP contribution >= 0.6 is 0 Å². The molecule has 0 radical (unpaired) electrons. The lowest BCUT2D eigenvalue weighted by atomic mass is 9.98. The van der Waals surface area contributed by atoms with Crippen molar-refractivity contribution in [1.29, 1.82) is 0 Å². The van der Waals surface area contributed by atoms with E-state index in [1.165, 1.54) is 0 Å². The first-order valence-corrected chi connectivity index (χ1v) is 6.76. The minimum Gasteiger partial charge on any atom is -0.383 e. The SMILES string of the molecule is CNc1ccc(CN2CCCC(C)C2=O)cc1[N+](=O)[O-]. The van der Waals surface area contributed by atoms with Crippen molar-refractivity contribution in [2.24, 2.45) is 5.92 Å². The van der Waals surface area contributed by atoms with Crippen LogP contribution in [-0.4, -0.2) is 29.3 Å². The highest BCUT2D eigenvalue weighted by molar-refractivity contribution is 5.79. The van der Waals surface area contributed by atoms with Gasteiger partial charge in [0, 0.05) is 32.1 Å². The van der Waals surface area contributed by atoms with Gasteiger partial charge in [-0.1, -0.05) is 13.0 Å². The number of nitrogens with one attached hydrogen (secondary N) is 1. The molecule has 1 aliphatic heterocycles. The molecule has 1 atom stereocenters. The molecule has 0 aromatic heterocycles. The number of anilines is 1. The van der Waals surface area contributed by atoms with E-state index in [9.17, 15) is 14.9 Å². The topological polar surface area (TPSA) is 75.5 Å². The quantitative estimate of drug-likeness (QED) is 0.677. The predicted octanol–water partition coefficient (Wildman–Crippen LogP) is 2.40. The molecular weight excluding hydrogens is 258 g/mol. The van der Waals surface area contributed by atoms with Gasteiger partial charge >= 0.3 is 0 Å². The molecular formula is C14H19N3O3. The number of carbonyl (C=O) groups is 1. The van der Waals surface area contributed by atoms with E-state index < -0.39 is 4.92 Å². The molecule has 20 heavy (non-hydrogen) atoms. The number of nitro groups is 1. The predicted molar refractivity (Wildman–Crippen MR) is 76.5 cm³/mol. The van der Waals surface area contributed by atoms with E-state index in [4.69, 9.17) is 0 Å². The maximum absolute atomic E-state index is 12.1. The van der Waals surface area contributed by atoms with Crippen molar-refractivity contribution in [2.45, 2.75) is 26.3 Å². The molecule has 0 aliphatic carbocycles. The van der Waals surface area contributed by atoms with E-state index in [0.717, 1.165) is 24.9 Å². The monoisotopic (exact) mass is 277 g/mol. The maximum atomic E-state index is 12.1. The number of likely N-dealkylation sites (tertiary alicyclic amines) is 1. The molecule has 2 rings (SSSR count). The molecule has 1 aromatic rings. The van der Waals surface area contributed by atoms with Crippen LogP contribution in [0.5, 0.6) is 0 Å². The molecule has 1 aromatic carbocycles. The van der Waals surface area contributed by atoms with E-state index in [-0.39, 0.29) is 17.5 Å². The maximum Gasteiger partial charge on any atom is 0.292 e. The van der Waals surface area contributed by atoms with Crippen LogP contribution in [-0.2, 0) is 11.3 Å². The molecule has 1 heterocycles. The number of benzene rings is 1. The Morgan fingerprint density at radius 2 is 2.25 bits per heavy atom. The Morgan fingerprint density at radius 3 is 2.90 bits per heavy atom. The second-order valence-electron chi connectivity index (χ2n) is 5.16. The first kappa shape index (κ1) is 14.3. The third-order valence-corrected chi connectivity index (χ3v) is 3.70. The number of nitro benzene ring substituents is 1. The fourth-order valence-corrected chi connectivity index (χ4v) is 2.55. The van der Waals surface area contributed by atoms with Gasteiger partial charge in [-0.2, -0.15) is 0 Å². The fourth-order valence-electron chi connectivity index (χ4n) is 2.55. The van der Waals surface area contributed by atoms with Crippen molar-refractivity contribution < 1.29 is 9.72 Å². The van der Waals surface area contributed by atoms with Crippen molar-refractivity contribution in [2.75, 3.05) is 18.9 Å². The Morgan fingerprint density at radius 1 is 1.50 bits per heavy atom. The van der Waals surface area contributed by atoms with Crippen LogP contribution in [0.3, 0.4) is 0 Å². The van der Waals surface area contributed by atoms with Crippen LogP contribution in [0.4, 0.5) is 11.4 Å². The second-order valence-corrected chi connectivity index (χ2v) is 5.16. The summed E-state index contributed by atoms with van der Waals surface area (Å²) >= 11 is 0. The largest absolute Gasteiger partial charge is 0.383 e. The highest BCUT2D eigenvalue weighted by atomic mass is 16.6. The molecule has 0 saturated carbocycles. The van der Waals surface area contributed by atoms with Crippen LogP contribution in [0.2, 0.25) is 0 Å². The Hall–Kier alpha value is -2.11. The number of carbonyl (C=O) groups excluding carboxylic acids is 1. The molecule has 1 N–H and O–H groups in total.